The molecule has 0 aromatic heterocycles. The number of methoxy groups -OCH3 is 1. The Bertz CT molecular complexity index is 778. The van der Waals surface area contributed by atoms with Gasteiger partial charge in [-0.1, -0.05) is 42.8 Å². The number of likely N-dealkylation sites (tertiary alicyclic amines) is 1. The number of ether oxygens (including phenoxy) is 2. The predicted molar refractivity (Wildman–Crippen MR) is 111 cm³/mol. The van der Waals surface area contributed by atoms with E-state index in [-0.39, 0.29) is 12.5 Å². The average Bonchev–Trinajstić information content (AvgIpc) is 2.73. The van der Waals surface area contributed by atoms with Gasteiger partial charge in [-0.3, -0.25) is 9.69 Å². The number of hydrogen-bond donors (Lipinski definition) is 1. The van der Waals surface area contributed by atoms with Gasteiger partial charge in [0.2, 0.25) is 0 Å². The van der Waals surface area contributed by atoms with Crippen LogP contribution in [0.2, 0.25) is 0 Å². The number of rotatable bonds is 8. The molecule has 0 saturated carbocycles. The normalized spacial score (nSPS) is 17.1. The van der Waals surface area contributed by atoms with Crippen LogP contribution in [0.4, 0.5) is 0 Å². The topological polar surface area (TPSA) is 50.8 Å². The van der Waals surface area contributed by atoms with Gasteiger partial charge in [0.1, 0.15) is 0 Å². The Morgan fingerprint density at radius 3 is 2.54 bits per heavy atom. The van der Waals surface area contributed by atoms with Crippen molar-refractivity contribution in [3.05, 3.63) is 59.7 Å². The molecule has 1 atom stereocenters. The lowest BCUT2D eigenvalue weighted by Crippen LogP contribution is -2.37. The first-order valence-electron chi connectivity index (χ1n) is 10.0. The molecule has 2 aromatic carbocycles. The number of carbonyl (C=O) groups excluding carboxylic acids is 1. The zero-order chi connectivity index (χ0) is 19.8. The summed E-state index contributed by atoms with van der Waals surface area (Å²) < 4.78 is 10.8. The molecular formula is C23H30N2O3. The third kappa shape index (κ3) is 5.49. The number of carbonyl (C=O) groups is 1. The number of piperidine rings is 1. The maximum absolute atomic E-state index is 12.3. The smallest absolute Gasteiger partial charge is 0.258 e. The molecule has 0 aliphatic carbocycles. The zero-order valence-electron chi connectivity index (χ0n) is 16.8. The molecule has 150 valence electrons. The highest BCUT2D eigenvalue weighted by molar-refractivity contribution is 5.77. The van der Waals surface area contributed by atoms with Crippen molar-refractivity contribution in [2.24, 2.45) is 0 Å². The molecule has 1 amide bonds. The van der Waals surface area contributed by atoms with E-state index < -0.39 is 0 Å². The SMILES string of the molecule is COc1ccccc1OCC(=O)NCc1ccccc1CN1CCCC[C@H]1C. The van der Waals surface area contributed by atoms with E-state index in [0.29, 0.717) is 24.1 Å². The minimum Gasteiger partial charge on any atom is -0.493 e. The first-order chi connectivity index (χ1) is 13.7. The lowest BCUT2D eigenvalue weighted by molar-refractivity contribution is -0.123. The Labute approximate surface area is 167 Å². The summed E-state index contributed by atoms with van der Waals surface area (Å²) in [4.78, 5) is 14.8. The van der Waals surface area contributed by atoms with Crippen molar-refractivity contribution in [3.63, 3.8) is 0 Å². The first kappa shape index (κ1) is 20.2. The van der Waals surface area contributed by atoms with Crippen molar-refractivity contribution in [2.75, 3.05) is 20.3 Å². The van der Waals surface area contributed by atoms with Crippen LogP contribution in [0.5, 0.6) is 11.5 Å². The molecule has 5 nitrogen and oxygen atoms in total. The van der Waals surface area contributed by atoms with Crippen LogP contribution in [0.15, 0.2) is 48.5 Å². The summed E-state index contributed by atoms with van der Waals surface area (Å²) in [5.41, 5.74) is 2.44. The number of amides is 1. The quantitative estimate of drug-likeness (QED) is 0.755. The standard InChI is InChI=1S/C23H30N2O3/c1-18-9-7-8-14-25(18)16-20-11-4-3-10-19(20)15-24-23(26)17-28-22-13-6-5-12-21(22)27-2/h3-6,10-13,18H,7-9,14-17H2,1-2H3,(H,24,26)/t18-/m1/s1. The van der Waals surface area contributed by atoms with Crippen LogP contribution in [0.1, 0.15) is 37.3 Å². The highest BCUT2D eigenvalue weighted by atomic mass is 16.5. The van der Waals surface area contributed by atoms with Crippen molar-refractivity contribution in [1.29, 1.82) is 0 Å². The highest BCUT2D eigenvalue weighted by Crippen LogP contribution is 2.25. The Morgan fingerprint density at radius 1 is 1.07 bits per heavy atom. The fourth-order valence-corrected chi connectivity index (χ4v) is 3.62. The van der Waals surface area contributed by atoms with E-state index in [1.165, 1.54) is 24.8 Å². The summed E-state index contributed by atoms with van der Waals surface area (Å²) >= 11 is 0. The van der Waals surface area contributed by atoms with Gasteiger partial charge >= 0.3 is 0 Å². The molecule has 28 heavy (non-hydrogen) atoms. The zero-order valence-corrected chi connectivity index (χ0v) is 16.8. The lowest BCUT2D eigenvalue weighted by atomic mass is 10.0. The van der Waals surface area contributed by atoms with E-state index in [1.807, 2.05) is 24.3 Å². The Morgan fingerprint density at radius 2 is 1.79 bits per heavy atom. The molecule has 3 rings (SSSR count). The van der Waals surface area contributed by atoms with Crippen LogP contribution in [0.3, 0.4) is 0 Å². The molecule has 1 N–H and O–H groups in total. The number of para-hydroxylation sites is 2. The van der Waals surface area contributed by atoms with Crippen LogP contribution in [0.25, 0.3) is 0 Å². The van der Waals surface area contributed by atoms with Crippen LogP contribution < -0.4 is 14.8 Å². The fourth-order valence-electron chi connectivity index (χ4n) is 3.62. The van der Waals surface area contributed by atoms with E-state index in [1.54, 1.807) is 13.2 Å². The van der Waals surface area contributed by atoms with Crippen molar-refractivity contribution in [1.82, 2.24) is 10.2 Å². The second-order valence-electron chi connectivity index (χ2n) is 7.30. The maximum Gasteiger partial charge on any atom is 0.258 e. The van der Waals surface area contributed by atoms with E-state index >= 15 is 0 Å². The van der Waals surface area contributed by atoms with E-state index in [0.717, 1.165) is 18.7 Å². The molecule has 1 aliphatic rings. The molecule has 2 aromatic rings. The highest BCUT2D eigenvalue weighted by Gasteiger charge is 2.19. The van der Waals surface area contributed by atoms with Gasteiger partial charge in [-0.25, -0.2) is 0 Å². The largest absolute Gasteiger partial charge is 0.493 e. The van der Waals surface area contributed by atoms with Crippen LogP contribution >= 0.6 is 0 Å². The predicted octanol–water partition coefficient (Wildman–Crippen LogP) is 3.76. The van der Waals surface area contributed by atoms with Crippen LogP contribution in [-0.4, -0.2) is 37.1 Å². The van der Waals surface area contributed by atoms with Gasteiger partial charge in [0.25, 0.3) is 5.91 Å². The summed E-state index contributed by atoms with van der Waals surface area (Å²) in [5, 5.41) is 2.97. The van der Waals surface area contributed by atoms with Gasteiger partial charge in [0.15, 0.2) is 18.1 Å². The monoisotopic (exact) mass is 382 g/mol. The molecule has 1 fully saturated rings. The molecule has 1 aliphatic heterocycles. The van der Waals surface area contributed by atoms with E-state index in [4.69, 9.17) is 9.47 Å². The van der Waals surface area contributed by atoms with Gasteiger partial charge in [0.05, 0.1) is 7.11 Å². The maximum atomic E-state index is 12.3. The van der Waals surface area contributed by atoms with Gasteiger partial charge < -0.3 is 14.8 Å². The van der Waals surface area contributed by atoms with E-state index in [9.17, 15) is 4.79 Å². The molecule has 0 spiro atoms. The number of benzene rings is 2. The molecule has 0 radical (unpaired) electrons. The second-order valence-corrected chi connectivity index (χ2v) is 7.30. The minimum atomic E-state index is -0.146. The first-order valence-corrected chi connectivity index (χ1v) is 10.0. The molecule has 5 heteroatoms. The van der Waals surface area contributed by atoms with Gasteiger partial charge in [0, 0.05) is 19.1 Å². The fraction of sp³-hybridized carbons (Fsp3) is 0.435. The summed E-state index contributed by atoms with van der Waals surface area (Å²) in [7, 11) is 1.59. The Kier molecular flexibility index (Phi) is 7.31. The van der Waals surface area contributed by atoms with Crippen molar-refractivity contribution >= 4 is 5.91 Å². The Hall–Kier alpha value is -2.53. The van der Waals surface area contributed by atoms with E-state index in [2.05, 4.69) is 35.3 Å². The Balaban J connectivity index is 1.53. The molecule has 1 saturated heterocycles. The molecule has 0 unspecified atom stereocenters. The van der Waals surface area contributed by atoms with Crippen molar-refractivity contribution in [2.45, 2.75) is 45.3 Å². The summed E-state index contributed by atoms with van der Waals surface area (Å²) in [5.74, 6) is 1.04. The second kappa shape index (κ2) is 10.1. The lowest BCUT2D eigenvalue weighted by Gasteiger charge is -2.33. The van der Waals surface area contributed by atoms with Crippen LogP contribution in [-0.2, 0) is 17.9 Å². The number of nitrogens with zero attached hydrogens (tertiary/aromatic N) is 1. The van der Waals surface area contributed by atoms with Gasteiger partial charge in [-0.15, -0.1) is 0 Å². The minimum absolute atomic E-state index is 0.0360. The summed E-state index contributed by atoms with van der Waals surface area (Å²) in [6, 6.07) is 16.3. The van der Waals surface area contributed by atoms with Crippen LogP contribution in [0, 0.1) is 0 Å². The molecule has 1 heterocycles. The average molecular weight is 383 g/mol. The number of nitrogens with one attached hydrogen (secondary N) is 1. The van der Waals surface area contributed by atoms with Crippen molar-refractivity contribution in [3.8, 4) is 11.5 Å². The third-order valence-electron chi connectivity index (χ3n) is 5.34. The third-order valence-corrected chi connectivity index (χ3v) is 5.34. The summed E-state index contributed by atoms with van der Waals surface area (Å²) in [6.45, 7) is 4.86. The molecule has 0 bridgehead atoms. The van der Waals surface area contributed by atoms with Crippen molar-refractivity contribution < 1.29 is 14.3 Å². The van der Waals surface area contributed by atoms with Gasteiger partial charge in [-0.2, -0.15) is 0 Å². The van der Waals surface area contributed by atoms with Gasteiger partial charge in [-0.05, 0) is 49.6 Å². The molecular weight excluding hydrogens is 352 g/mol. The summed E-state index contributed by atoms with van der Waals surface area (Å²) in [6.07, 6.45) is 3.85. The number of hydrogen-bond acceptors (Lipinski definition) is 4.